The second kappa shape index (κ2) is 12.9. The van der Waals surface area contributed by atoms with Gasteiger partial charge in [-0.3, -0.25) is 9.59 Å². The number of ketones is 1. The summed E-state index contributed by atoms with van der Waals surface area (Å²) in [6.45, 7) is 2.52. The number of unbranched alkanes of at least 4 members (excludes halogenated alkanes) is 2. The number of carbonyl (C=O) groups is 2. The van der Waals surface area contributed by atoms with E-state index in [4.69, 9.17) is 14.2 Å². The number of methoxy groups -OCH3 is 1. The van der Waals surface area contributed by atoms with Gasteiger partial charge in [-0.25, -0.2) is 0 Å². The fourth-order valence-electron chi connectivity index (χ4n) is 5.49. The van der Waals surface area contributed by atoms with E-state index in [9.17, 15) is 18.4 Å². The predicted octanol–water partition coefficient (Wildman–Crippen LogP) is 6.16. The van der Waals surface area contributed by atoms with Crippen LogP contribution in [0.25, 0.3) is 0 Å². The molecule has 0 aromatic carbocycles. The number of esters is 1. The summed E-state index contributed by atoms with van der Waals surface area (Å²) in [6, 6.07) is 0. The first-order chi connectivity index (χ1) is 16.3. The van der Waals surface area contributed by atoms with Gasteiger partial charge in [-0.2, -0.15) is 8.78 Å². The fourth-order valence-corrected chi connectivity index (χ4v) is 5.49. The highest BCUT2D eigenvalue weighted by Crippen LogP contribution is 2.50. The Morgan fingerprint density at radius 2 is 2.06 bits per heavy atom. The van der Waals surface area contributed by atoms with Crippen LogP contribution in [0.2, 0.25) is 0 Å². The molecule has 0 N–H and O–H groups in total. The number of ether oxygens (including phenoxy) is 3. The zero-order chi connectivity index (χ0) is 24.6. The topological polar surface area (TPSA) is 61.8 Å². The number of halogens is 2. The zero-order valence-electron chi connectivity index (χ0n) is 20.6. The van der Waals surface area contributed by atoms with Gasteiger partial charge in [-0.05, 0) is 75.7 Å². The number of alkyl halides is 2. The number of hydrogen-bond donors (Lipinski definition) is 0. The summed E-state index contributed by atoms with van der Waals surface area (Å²) in [5.74, 6) is -4.14. The van der Waals surface area contributed by atoms with Crippen molar-refractivity contribution in [3.63, 3.8) is 0 Å². The molecule has 2 fully saturated rings. The number of hydrogen-bond acceptors (Lipinski definition) is 5. The first-order valence-corrected chi connectivity index (χ1v) is 13.0. The van der Waals surface area contributed by atoms with Gasteiger partial charge in [0, 0.05) is 25.4 Å². The lowest BCUT2D eigenvalue weighted by molar-refractivity contribution is -0.192. The molecule has 1 unspecified atom stereocenters. The van der Waals surface area contributed by atoms with Crippen LogP contribution in [0.4, 0.5) is 8.78 Å². The number of allylic oxidation sites excluding steroid dienone is 3. The maximum absolute atomic E-state index is 14.2. The Morgan fingerprint density at radius 1 is 1.24 bits per heavy atom. The molecule has 5 atom stereocenters. The molecule has 2 aliphatic carbocycles. The molecule has 192 valence electrons. The molecule has 1 saturated heterocycles. The highest BCUT2D eigenvalue weighted by molar-refractivity contribution is 5.95. The summed E-state index contributed by atoms with van der Waals surface area (Å²) in [5.41, 5.74) is 1.35. The third-order valence-corrected chi connectivity index (χ3v) is 7.42. The summed E-state index contributed by atoms with van der Waals surface area (Å²) < 4.78 is 45.2. The first kappa shape index (κ1) is 27.0. The van der Waals surface area contributed by atoms with E-state index in [0.29, 0.717) is 31.8 Å². The standard InChI is InChI=1S/C27H40F2O5/c1-3-4-14-27(28,29)24(30)13-12-21-22-17-19(9-5-6-10-25(31)32-2)16-20(22)18-23(21)34-26-11-7-8-15-33-26/h12-13,16,20-23,26H,3-11,14-15,17-18H2,1-2H3/t20-,21-,22-,23+,26?/m0/s1. The van der Waals surface area contributed by atoms with Crippen molar-refractivity contribution < 1.29 is 32.6 Å². The van der Waals surface area contributed by atoms with Gasteiger partial charge in [0.15, 0.2) is 6.29 Å². The number of carbonyl (C=O) groups excluding carboxylic acids is 2. The van der Waals surface area contributed by atoms with E-state index in [1.807, 2.05) is 6.92 Å². The van der Waals surface area contributed by atoms with Crippen LogP contribution in [0, 0.1) is 17.8 Å². The lowest BCUT2D eigenvalue weighted by Crippen LogP contribution is -2.31. The molecule has 0 spiro atoms. The van der Waals surface area contributed by atoms with Crippen molar-refractivity contribution in [2.24, 2.45) is 17.8 Å². The number of rotatable bonds is 13. The molecule has 3 aliphatic rings. The van der Waals surface area contributed by atoms with Gasteiger partial charge in [0.05, 0.1) is 13.2 Å². The third kappa shape index (κ3) is 7.45. The van der Waals surface area contributed by atoms with Crippen LogP contribution in [0.15, 0.2) is 23.8 Å². The lowest BCUT2D eigenvalue weighted by Gasteiger charge is -2.29. The van der Waals surface area contributed by atoms with E-state index < -0.39 is 18.1 Å². The van der Waals surface area contributed by atoms with Gasteiger partial charge in [-0.15, -0.1) is 0 Å². The maximum atomic E-state index is 14.2. The molecule has 0 amide bonds. The van der Waals surface area contributed by atoms with Crippen LogP contribution in [0.1, 0.15) is 84.0 Å². The van der Waals surface area contributed by atoms with Crippen molar-refractivity contribution in [3.05, 3.63) is 23.8 Å². The average Bonchev–Trinajstić information content (AvgIpc) is 3.36. The Morgan fingerprint density at radius 3 is 2.76 bits per heavy atom. The van der Waals surface area contributed by atoms with E-state index in [1.54, 1.807) is 6.08 Å². The second-order valence-electron chi connectivity index (χ2n) is 9.96. The molecule has 34 heavy (non-hydrogen) atoms. The van der Waals surface area contributed by atoms with Gasteiger partial charge in [0.2, 0.25) is 5.78 Å². The van der Waals surface area contributed by atoms with Gasteiger partial charge in [0.1, 0.15) is 0 Å². The minimum absolute atomic E-state index is 0.0923. The Kier molecular flexibility index (Phi) is 10.3. The van der Waals surface area contributed by atoms with E-state index in [1.165, 1.54) is 12.7 Å². The van der Waals surface area contributed by atoms with E-state index in [0.717, 1.165) is 57.4 Å². The Bertz CT molecular complexity index is 741. The quantitative estimate of drug-likeness (QED) is 0.136. The average molecular weight is 483 g/mol. The highest BCUT2D eigenvalue weighted by Gasteiger charge is 2.46. The van der Waals surface area contributed by atoms with Crippen molar-refractivity contribution in [2.75, 3.05) is 13.7 Å². The van der Waals surface area contributed by atoms with Crippen molar-refractivity contribution in [1.29, 1.82) is 0 Å². The molecule has 7 heteroatoms. The monoisotopic (exact) mass is 482 g/mol. The van der Waals surface area contributed by atoms with Gasteiger partial charge in [0.25, 0.3) is 0 Å². The summed E-state index contributed by atoms with van der Waals surface area (Å²) >= 11 is 0. The highest BCUT2D eigenvalue weighted by atomic mass is 19.3. The molecule has 0 bridgehead atoms. The van der Waals surface area contributed by atoms with Gasteiger partial charge >= 0.3 is 11.9 Å². The fraction of sp³-hybridized carbons (Fsp3) is 0.778. The summed E-state index contributed by atoms with van der Waals surface area (Å²) in [7, 11) is 1.40. The van der Waals surface area contributed by atoms with Crippen LogP contribution in [0.3, 0.4) is 0 Å². The van der Waals surface area contributed by atoms with E-state index in [2.05, 4.69) is 6.08 Å². The molecule has 1 saturated carbocycles. The SMILES string of the molecule is CCCCC(F)(F)C(=O)C=C[C@H]1[C@H]2CC(CCCCC(=O)OC)=C[C@H]2C[C@H]1OC1CCCCO1. The van der Waals surface area contributed by atoms with Crippen LogP contribution in [-0.4, -0.2) is 43.8 Å². The number of fused-ring (bicyclic) bond motifs is 1. The molecular weight excluding hydrogens is 442 g/mol. The molecule has 0 radical (unpaired) electrons. The molecule has 1 aliphatic heterocycles. The smallest absolute Gasteiger partial charge is 0.309 e. The normalized spacial score (nSPS) is 29.3. The third-order valence-electron chi connectivity index (χ3n) is 7.42. The van der Waals surface area contributed by atoms with E-state index in [-0.39, 0.29) is 30.2 Å². The van der Waals surface area contributed by atoms with Gasteiger partial charge < -0.3 is 14.2 Å². The Labute approximate surface area is 202 Å². The lowest BCUT2D eigenvalue weighted by atomic mass is 9.88. The van der Waals surface area contributed by atoms with Crippen molar-refractivity contribution >= 4 is 11.8 Å². The Hall–Kier alpha value is -1.60. The van der Waals surface area contributed by atoms with Crippen molar-refractivity contribution in [2.45, 2.75) is 102 Å². The van der Waals surface area contributed by atoms with Crippen molar-refractivity contribution in [1.82, 2.24) is 0 Å². The molecule has 0 aromatic heterocycles. The Balaban J connectivity index is 1.63. The predicted molar refractivity (Wildman–Crippen MR) is 125 cm³/mol. The molecule has 1 heterocycles. The molecule has 5 nitrogen and oxygen atoms in total. The summed E-state index contributed by atoms with van der Waals surface area (Å²) in [5, 5.41) is 0. The molecular formula is C27H40F2O5. The maximum Gasteiger partial charge on any atom is 0.309 e. The van der Waals surface area contributed by atoms with Crippen LogP contribution in [0.5, 0.6) is 0 Å². The van der Waals surface area contributed by atoms with Crippen LogP contribution < -0.4 is 0 Å². The van der Waals surface area contributed by atoms with Crippen molar-refractivity contribution in [3.8, 4) is 0 Å². The zero-order valence-corrected chi connectivity index (χ0v) is 20.6. The van der Waals surface area contributed by atoms with Gasteiger partial charge in [-0.1, -0.05) is 31.1 Å². The van der Waals surface area contributed by atoms with E-state index >= 15 is 0 Å². The minimum Gasteiger partial charge on any atom is -0.469 e. The summed E-state index contributed by atoms with van der Waals surface area (Å²) in [6.07, 6.45) is 12.9. The molecule has 3 rings (SSSR count). The van der Waals surface area contributed by atoms with Crippen LogP contribution in [-0.2, 0) is 23.8 Å². The second-order valence-corrected chi connectivity index (χ2v) is 9.96. The largest absolute Gasteiger partial charge is 0.469 e. The summed E-state index contributed by atoms with van der Waals surface area (Å²) in [4.78, 5) is 23.6. The first-order valence-electron chi connectivity index (χ1n) is 13.0. The molecule has 0 aromatic rings. The minimum atomic E-state index is -3.31. The van der Waals surface area contributed by atoms with Crippen LogP contribution >= 0.6 is 0 Å².